The number of benzene rings is 1. The highest BCUT2D eigenvalue weighted by atomic mass is 79.9. The number of carbonyl (C=O) groups excluding carboxylic acids is 1. The number of methoxy groups -OCH3 is 1. The summed E-state index contributed by atoms with van der Waals surface area (Å²) in [6.07, 6.45) is 0. The lowest BCUT2D eigenvalue weighted by atomic mass is 10.3. The first-order chi connectivity index (χ1) is 8.70. The first-order valence-corrected chi connectivity index (χ1v) is 7.59. The molecule has 0 amide bonds. The van der Waals surface area contributed by atoms with Crippen molar-refractivity contribution in [1.29, 1.82) is 0 Å². The maximum Gasteiger partial charge on any atom is 0.321 e. The van der Waals surface area contributed by atoms with Crippen molar-refractivity contribution in [2.24, 2.45) is 0 Å². The molecule has 6 nitrogen and oxygen atoms in total. The Morgan fingerprint density at radius 2 is 2.11 bits per heavy atom. The van der Waals surface area contributed by atoms with Gasteiger partial charge in [0.1, 0.15) is 6.54 Å². The number of likely N-dealkylation sites (N-methyl/N-ethyl adjacent to an activating group) is 1. The normalized spacial score (nSPS) is 11.6. The number of rotatable bonds is 4. The monoisotopic (exact) mass is 370 g/mol. The van der Waals surface area contributed by atoms with E-state index in [2.05, 4.69) is 20.7 Å². The molecule has 0 atom stereocenters. The zero-order chi connectivity index (χ0) is 14.8. The molecule has 1 aromatic carbocycles. The number of ether oxygens (including phenoxy) is 1. The number of halogens is 2. The fraction of sp³-hybridized carbons (Fsp3) is 0.300. The van der Waals surface area contributed by atoms with E-state index in [0.717, 1.165) is 4.31 Å². The van der Waals surface area contributed by atoms with Crippen molar-refractivity contribution in [2.45, 2.75) is 4.90 Å². The number of esters is 1. The molecular weight excluding hydrogens is 360 g/mol. The minimum Gasteiger partial charge on any atom is -0.468 e. The van der Waals surface area contributed by atoms with Gasteiger partial charge in [-0.25, -0.2) is 8.42 Å². The van der Waals surface area contributed by atoms with Gasteiger partial charge in [0, 0.05) is 17.8 Å². The molecule has 106 valence electrons. The Hall–Kier alpha value is -0.830. The average Bonchev–Trinajstić information content (AvgIpc) is 2.33. The number of hydrogen-bond acceptors (Lipinski definition) is 5. The van der Waals surface area contributed by atoms with Crippen molar-refractivity contribution in [1.82, 2.24) is 4.31 Å². The number of carbonyl (C=O) groups is 1. The SMILES string of the molecule is COC(=O)CN(C)S(=O)(=O)c1cc(Cl)cc(N)c1Br. The summed E-state index contributed by atoms with van der Waals surface area (Å²) in [5, 5.41) is 0.186. The first kappa shape index (κ1) is 16.2. The van der Waals surface area contributed by atoms with Crippen molar-refractivity contribution in [2.75, 3.05) is 26.4 Å². The molecule has 0 aliphatic heterocycles. The van der Waals surface area contributed by atoms with Crippen LogP contribution in [0.15, 0.2) is 21.5 Å². The van der Waals surface area contributed by atoms with Gasteiger partial charge in [-0.2, -0.15) is 4.31 Å². The van der Waals surface area contributed by atoms with E-state index in [1.54, 1.807) is 0 Å². The van der Waals surface area contributed by atoms with Gasteiger partial charge in [-0.05, 0) is 28.1 Å². The van der Waals surface area contributed by atoms with Crippen molar-refractivity contribution in [3.63, 3.8) is 0 Å². The number of anilines is 1. The van der Waals surface area contributed by atoms with E-state index in [9.17, 15) is 13.2 Å². The lowest BCUT2D eigenvalue weighted by Crippen LogP contribution is -2.33. The van der Waals surface area contributed by atoms with Gasteiger partial charge in [0.2, 0.25) is 10.0 Å². The standard InChI is InChI=1S/C10H12BrClN2O4S/c1-14(5-9(15)18-2)19(16,17)8-4-6(12)3-7(13)10(8)11/h3-4H,5,13H2,1-2H3. The smallest absolute Gasteiger partial charge is 0.321 e. The lowest BCUT2D eigenvalue weighted by Gasteiger charge is -2.17. The minimum atomic E-state index is -3.90. The van der Waals surface area contributed by atoms with Crippen LogP contribution in [0, 0.1) is 0 Å². The molecule has 1 rings (SSSR count). The highest BCUT2D eigenvalue weighted by Crippen LogP contribution is 2.32. The van der Waals surface area contributed by atoms with Crippen molar-refractivity contribution in [3.8, 4) is 0 Å². The molecule has 0 aromatic heterocycles. The Morgan fingerprint density at radius 3 is 2.63 bits per heavy atom. The van der Waals surface area contributed by atoms with Crippen LogP contribution >= 0.6 is 27.5 Å². The second-order valence-corrected chi connectivity index (χ2v) is 6.89. The Balaban J connectivity index is 3.24. The molecule has 19 heavy (non-hydrogen) atoms. The molecule has 9 heteroatoms. The van der Waals surface area contributed by atoms with Gasteiger partial charge >= 0.3 is 5.97 Å². The van der Waals surface area contributed by atoms with E-state index in [-0.39, 0.29) is 20.1 Å². The van der Waals surface area contributed by atoms with Crippen LogP contribution < -0.4 is 5.73 Å². The molecule has 0 saturated carbocycles. The van der Waals surface area contributed by atoms with Gasteiger partial charge < -0.3 is 10.5 Å². The van der Waals surface area contributed by atoms with E-state index in [1.165, 1.54) is 26.3 Å². The molecule has 0 fully saturated rings. The van der Waals surface area contributed by atoms with E-state index in [1.807, 2.05) is 0 Å². The van der Waals surface area contributed by atoms with Crippen LogP contribution in [-0.2, 0) is 19.6 Å². The lowest BCUT2D eigenvalue weighted by molar-refractivity contribution is -0.140. The maximum atomic E-state index is 12.3. The molecule has 0 bridgehead atoms. The quantitative estimate of drug-likeness (QED) is 0.639. The highest BCUT2D eigenvalue weighted by molar-refractivity contribution is 9.10. The molecule has 0 radical (unpaired) electrons. The van der Waals surface area contributed by atoms with Crippen LogP contribution in [0.2, 0.25) is 5.02 Å². The van der Waals surface area contributed by atoms with E-state index in [4.69, 9.17) is 17.3 Å². The zero-order valence-electron chi connectivity index (χ0n) is 10.2. The summed E-state index contributed by atoms with van der Waals surface area (Å²) in [6.45, 7) is -0.405. The predicted molar refractivity (Wildman–Crippen MR) is 75.4 cm³/mol. The van der Waals surface area contributed by atoms with Gasteiger partial charge in [-0.15, -0.1) is 0 Å². The van der Waals surface area contributed by atoms with E-state index < -0.39 is 22.5 Å². The third-order valence-corrected chi connectivity index (χ3v) is 5.49. The Morgan fingerprint density at radius 1 is 1.53 bits per heavy atom. The number of nitrogen functional groups attached to an aromatic ring is 1. The topological polar surface area (TPSA) is 89.7 Å². The molecular formula is C10H12BrClN2O4S. The van der Waals surface area contributed by atoms with Crippen LogP contribution in [0.25, 0.3) is 0 Å². The third-order valence-electron chi connectivity index (χ3n) is 2.30. The van der Waals surface area contributed by atoms with Crippen LogP contribution in [0.5, 0.6) is 0 Å². The highest BCUT2D eigenvalue weighted by Gasteiger charge is 2.26. The van der Waals surface area contributed by atoms with Crippen molar-refractivity contribution < 1.29 is 17.9 Å². The summed E-state index contributed by atoms with van der Waals surface area (Å²) in [5.74, 6) is -0.669. The van der Waals surface area contributed by atoms with E-state index in [0.29, 0.717) is 0 Å². The largest absolute Gasteiger partial charge is 0.468 e. The maximum absolute atomic E-state index is 12.3. The first-order valence-electron chi connectivity index (χ1n) is 4.97. The molecule has 0 aliphatic rings. The zero-order valence-corrected chi connectivity index (χ0v) is 13.3. The second kappa shape index (κ2) is 6.08. The number of nitrogens with two attached hydrogens (primary N) is 1. The second-order valence-electron chi connectivity index (χ2n) is 3.64. The Kier molecular flexibility index (Phi) is 5.19. The van der Waals surface area contributed by atoms with Gasteiger partial charge in [0.25, 0.3) is 0 Å². The van der Waals surface area contributed by atoms with Gasteiger partial charge in [-0.3, -0.25) is 4.79 Å². The molecule has 0 unspecified atom stereocenters. The number of hydrogen-bond donors (Lipinski definition) is 1. The van der Waals surface area contributed by atoms with Gasteiger partial charge in [0.05, 0.1) is 16.5 Å². The third kappa shape index (κ3) is 3.59. The van der Waals surface area contributed by atoms with Gasteiger partial charge in [0.15, 0.2) is 0 Å². The Bertz CT molecular complexity index is 606. The summed E-state index contributed by atoms with van der Waals surface area (Å²) in [6, 6.07) is 2.68. The summed E-state index contributed by atoms with van der Waals surface area (Å²) >= 11 is 8.89. The van der Waals surface area contributed by atoms with Crippen LogP contribution in [0.1, 0.15) is 0 Å². The summed E-state index contributed by atoms with van der Waals surface area (Å²) in [4.78, 5) is 11.0. The Labute approximate surface area is 124 Å². The predicted octanol–water partition coefficient (Wildman–Crippen LogP) is 1.48. The van der Waals surface area contributed by atoms with Crippen LogP contribution in [0.3, 0.4) is 0 Å². The number of nitrogens with zero attached hydrogens (tertiary/aromatic N) is 1. The summed E-state index contributed by atoms with van der Waals surface area (Å²) in [7, 11) is -1.46. The minimum absolute atomic E-state index is 0.107. The molecule has 1 aromatic rings. The van der Waals surface area contributed by atoms with E-state index >= 15 is 0 Å². The fourth-order valence-electron chi connectivity index (χ4n) is 1.27. The summed E-state index contributed by atoms with van der Waals surface area (Å²) in [5.41, 5.74) is 5.83. The number of sulfonamides is 1. The average molecular weight is 372 g/mol. The summed E-state index contributed by atoms with van der Waals surface area (Å²) < 4.78 is 30.0. The molecule has 0 saturated heterocycles. The fourth-order valence-corrected chi connectivity index (χ4v) is 3.64. The molecule has 0 heterocycles. The van der Waals surface area contributed by atoms with Crippen molar-refractivity contribution in [3.05, 3.63) is 21.6 Å². The van der Waals surface area contributed by atoms with Crippen LogP contribution in [0.4, 0.5) is 5.69 Å². The molecule has 0 aliphatic carbocycles. The van der Waals surface area contributed by atoms with Gasteiger partial charge in [-0.1, -0.05) is 11.6 Å². The molecule has 0 spiro atoms. The van der Waals surface area contributed by atoms with Crippen LogP contribution in [-0.4, -0.2) is 39.4 Å². The van der Waals surface area contributed by atoms with Crippen molar-refractivity contribution >= 4 is 49.2 Å². The molecule has 2 N–H and O–H groups in total.